The summed E-state index contributed by atoms with van der Waals surface area (Å²) in [7, 11) is 0. The number of rotatable bonds is 8. The average molecular weight is 485 g/mol. The summed E-state index contributed by atoms with van der Waals surface area (Å²) in [4.78, 5) is 12.2. The average Bonchev–Trinajstić information content (AvgIpc) is 3.62. The maximum Gasteiger partial charge on any atom is 0.311 e. The van der Waals surface area contributed by atoms with Gasteiger partial charge < -0.3 is 20.1 Å². The van der Waals surface area contributed by atoms with Crippen molar-refractivity contribution in [3.63, 3.8) is 0 Å². The molecule has 4 aliphatic carbocycles. The van der Waals surface area contributed by atoms with Gasteiger partial charge in [0.2, 0.25) is 0 Å². The fourth-order valence-electron chi connectivity index (χ4n) is 6.62. The molecule has 0 bridgehead atoms. The summed E-state index contributed by atoms with van der Waals surface area (Å²) in [5.74, 6) is 0.829. The molecule has 7 unspecified atom stereocenters. The molecule has 4 saturated carbocycles. The molecule has 4 aliphatic rings. The zero-order chi connectivity index (χ0) is 25.2. The van der Waals surface area contributed by atoms with E-state index < -0.39 is 18.1 Å². The maximum atomic E-state index is 12.2. The quantitative estimate of drug-likeness (QED) is 0.332. The van der Waals surface area contributed by atoms with E-state index in [4.69, 9.17) is 4.74 Å². The summed E-state index contributed by atoms with van der Waals surface area (Å²) in [5.41, 5.74) is 3.50. The van der Waals surface area contributed by atoms with E-state index in [0.717, 1.165) is 36.8 Å². The third kappa shape index (κ3) is 6.00. The molecule has 0 amide bonds. The maximum absolute atomic E-state index is 12.2. The van der Waals surface area contributed by atoms with Crippen LogP contribution in [0.4, 0.5) is 0 Å². The Bertz CT molecular complexity index is 881. The largest absolute Gasteiger partial charge is 0.458 e. The number of esters is 1. The molecule has 0 heterocycles. The number of hydrogen-bond donors (Lipinski definition) is 3. The monoisotopic (exact) mass is 484 g/mol. The summed E-state index contributed by atoms with van der Waals surface area (Å²) in [6.07, 6.45) is 17.5. The number of aliphatic hydroxyl groups is 3. The van der Waals surface area contributed by atoms with E-state index in [1.165, 1.54) is 31.3 Å². The molecule has 4 fully saturated rings. The first-order valence-corrected chi connectivity index (χ1v) is 13.7. The van der Waals surface area contributed by atoms with Crippen LogP contribution >= 0.6 is 0 Å². The number of hydrogen-bond acceptors (Lipinski definition) is 5. The minimum atomic E-state index is -0.645. The second kappa shape index (κ2) is 11.1. The Balaban J connectivity index is 1.40. The van der Waals surface area contributed by atoms with Gasteiger partial charge in [0.25, 0.3) is 0 Å². The highest BCUT2D eigenvalue weighted by Crippen LogP contribution is 2.58. The first kappa shape index (κ1) is 26.4. The third-order valence-corrected chi connectivity index (χ3v) is 9.19. The zero-order valence-corrected chi connectivity index (χ0v) is 21.5. The Morgan fingerprint density at radius 2 is 2.00 bits per heavy atom. The highest BCUT2D eigenvalue weighted by molar-refractivity contribution is 5.72. The molecule has 3 N–H and O–H groups in total. The lowest BCUT2D eigenvalue weighted by Crippen LogP contribution is -2.33. The van der Waals surface area contributed by atoms with Gasteiger partial charge in [-0.15, -0.1) is 0 Å². The number of aliphatic hydroxyl groups excluding tert-OH is 3. The van der Waals surface area contributed by atoms with Crippen LogP contribution in [0.5, 0.6) is 0 Å². The molecule has 0 spiro atoms. The number of carbonyl (C=O) groups is 1. The number of carbonyl (C=O) groups excluding carboxylic acids is 1. The van der Waals surface area contributed by atoms with Crippen molar-refractivity contribution < 1.29 is 24.9 Å². The van der Waals surface area contributed by atoms with E-state index in [9.17, 15) is 20.1 Å². The predicted molar refractivity (Wildman–Crippen MR) is 137 cm³/mol. The lowest BCUT2D eigenvalue weighted by Gasteiger charge is -2.42. The van der Waals surface area contributed by atoms with Crippen LogP contribution in [0.25, 0.3) is 0 Å². The molecule has 0 radical (unpaired) electrons. The molecule has 4 rings (SSSR count). The van der Waals surface area contributed by atoms with E-state index in [1.807, 2.05) is 0 Å². The molecule has 0 saturated heterocycles. The van der Waals surface area contributed by atoms with Crippen molar-refractivity contribution >= 4 is 5.97 Å². The van der Waals surface area contributed by atoms with E-state index in [0.29, 0.717) is 30.6 Å². The van der Waals surface area contributed by atoms with Gasteiger partial charge in [-0.3, -0.25) is 4.79 Å². The van der Waals surface area contributed by atoms with Gasteiger partial charge in [-0.25, -0.2) is 0 Å². The first-order valence-electron chi connectivity index (χ1n) is 13.7. The Labute approximate surface area is 210 Å². The summed E-state index contributed by atoms with van der Waals surface area (Å²) in [6, 6.07) is 0. The molecule has 7 atom stereocenters. The molecule has 0 aliphatic heterocycles. The Morgan fingerprint density at radius 1 is 1.23 bits per heavy atom. The molecular weight excluding hydrogens is 440 g/mol. The van der Waals surface area contributed by atoms with Crippen molar-refractivity contribution in [2.24, 2.45) is 29.1 Å². The topological polar surface area (TPSA) is 87.0 Å². The van der Waals surface area contributed by atoms with E-state index in [-0.39, 0.29) is 24.1 Å². The predicted octanol–water partition coefficient (Wildman–Crippen LogP) is 5.02. The molecule has 5 heteroatoms. The van der Waals surface area contributed by atoms with Crippen molar-refractivity contribution in [1.82, 2.24) is 0 Å². The van der Waals surface area contributed by atoms with Crippen LogP contribution in [0.15, 0.2) is 47.6 Å². The minimum Gasteiger partial charge on any atom is -0.458 e. The second-order valence-electron chi connectivity index (χ2n) is 11.7. The van der Waals surface area contributed by atoms with Crippen LogP contribution in [0.2, 0.25) is 0 Å². The van der Waals surface area contributed by atoms with Crippen LogP contribution in [-0.2, 0) is 9.53 Å². The van der Waals surface area contributed by atoms with Gasteiger partial charge in [-0.05, 0) is 105 Å². The zero-order valence-electron chi connectivity index (χ0n) is 21.5. The van der Waals surface area contributed by atoms with Crippen molar-refractivity contribution in [1.29, 1.82) is 0 Å². The smallest absolute Gasteiger partial charge is 0.311 e. The van der Waals surface area contributed by atoms with Gasteiger partial charge in [0.1, 0.15) is 6.10 Å². The van der Waals surface area contributed by atoms with Crippen LogP contribution < -0.4 is 0 Å². The fourth-order valence-corrected chi connectivity index (χ4v) is 6.62. The van der Waals surface area contributed by atoms with Gasteiger partial charge >= 0.3 is 5.97 Å². The van der Waals surface area contributed by atoms with Crippen LogP contribution in [0.1, 0.15) is 78.1 Å². The molecule has 0 aromatic rings. The lowest BCUT2D eigenvalue weighted by molar-refractivity contribution is -0.153. The number of allylic oxidation sites excluding steroid dienone is 4. The Morgan fingerprint density at radius 3 is 2.71 bits per heavy atom. The van der Waals surface area contributed by atoms with Gasteiger partial charge in [0.15, 0.2) is 0 Å². The van der Waals surface area contributed by atoms with Crippen molar-refractivity contribution in [2.45, 2.75) is 96.4 Å². The SMILES string of the molecule is C=C1/C(=C\C=C2/CCCC3(C)C(C/C=C/C(OC(=O)C(C)CO)C4CC4)CCC23)CC(O)CC1O. The molecule has 5 nitrogen and oxygen atoms in total. The second-order valence-corrected chi connectivity index (χ2v) is 11.7. The van der Waals surface area contributed by atoms with Crippen molar-refractivity contribution in [3.8, 4) is 0 Å². The van der Waals surface area contributed by atoms with Crippen LogP contribution in [0, 0.1) is 29.1 Å². The van der Waals surface area contributed by atoms with Crippen molar-refractivity contribution in [2.75, 3.05) is 6.61 Å². The van der Waals surface area contributed by atoms with E-state index >= 15 is 0 Å². The van der Waals surface area contributed by atoms with Gasteiger partial charge in [-0.2, -0.15) is 0 Å². The normalized spacial score (nSPS) is 37.6. The minimum absolute atomic E-state index is 0.163. The summed E-state index contributed by atoms with van der Waals surface area (Å²) in [6.45, 7) is 8.04. The Kier molecular flexibility index (Phi) is 8.40. The van der Waals surface area contributed by atoms with Gasteiger partial charge in [-0.1, -0.05) is 37.3 Å². The third-order valence-electron chi connectivity index (χ3n) is 9.19. The van der Waals surface area contributed by atoms with E-state index in [2.05, 4.69) is 37.8 Å². The van der Waals surface area contributed by atoms with Crippen molar-refractivity contribution in [3.05, 3.63) is 47.6 Å². The molecule has 194 valence electrons. The van der Waals surface area contributed by atoms with E-state index in [1.54, 1.807) is 6.92 Å². The first-order chi connectivity index (χ1) is 16.7. The number of ether oxygens (including phenoxy) is 1. The highest BCUT2D eigenvalue weighted by atomic mass is 16.5. The highest BCUT2D eigenvalue weighted by Gasteiger charge is 2.48. The Hall–Kier alpha value is -1.69. The number of fused-ring (bicyclic) bond motifs is 1. The summed E-state index contributed by atoms with van der Waals surface area (Å²) >= 11 is 0. The lowest BCUT2D eigenvalue weighted by atomic mass is 9.63. The summed E-state index contributed by atoms with van der Waals surface area (Å²) < 4.78 is 5.71. The summed E-state index contributed by atoms with van der Waals surface area (Å²) in [5, 5.41) is 29.5. The van der Waals surface area contributed by atoms with Gasteiger partial charge in [0, 0.05) is 6.42 Å². The standard InChI is InChI=1S/C30H44O5/c1-19(18-31)29(34)35-28(22-10-11-22)8-4-7-24-13-14-26-21(6-5-15-30(24,26)3)9-12-23-16-25(32)17-27(33)20(23)2/h4,8-9,12,19,22,24-28,31-33H,2,5-7,10-11,13-18H2,1,3H3/b8-4+,21-9+,23-12-. The molecule has 0 aromatic heterocycles. The molecular formula is C30H44O5. The molecule has 35 heavy (non-hydrogen) atoms. The van der Waals surface area contributed by atoms with Gasteiger partial charge in [0.05, 0.1) is 24.7 Å². The van der Waals surface area contributed by atoms with Crippen LogP contribution in [0.3, 0.4) is 0 Å². The molecule has 0 aromatic carbocycles. The fraction of sp³-hybridized carbons (Fsp3) is 0.700. The van der Waals surface area contributed by atoms with Crippen LogP contribution in [-0.4, -0.2) is 46.2 Å².